The van der Waals surface area contributed by atoms with Gasteiger partial charge in [-0.05, 0) is 25.7 Å². The van der Waals surface area contributed by atoms with E-state index in [1.54, 1.807) is 6.92 Å². The van der Waals surface area contributed by atoms with Gasteiger partial charge in [-0.1, -0.05) is 15.9 Å². The molecule has 0 aliphatic heterocycles. The molecule has 0 spiro atoms. The number of nitrogens with zero attached hydrogens (tertiary/aromatic N) is 1. The van der Waals surface area contributed by atoms with Crippen LogP contribution in [-0.2, 0) is 10.0 Å². The predicted molar refractivity (Wildman–Crippen MR) is 67.5 cm³/mol. The van der Waals surface area contributed by atoms with Crippen LogP contribution in [0.15, 0.2) is 10.4 Å². The van der Waals surface area contributed by atoms with Crippen LogP contribution in [0.1, 0.15) is 17.8 Å². The second kappa shape index (κ2) is 4.72. The van der Waals surface area contributed by atoms with Crippen molar-refractivity contribution in [3.8, 4) is 0 Å². The fourth-order valence-corrected chi connectivity index (χ4v) is 4.47. The molecule has 0 saturated heterocycles. The molecule has 2 rings (SSSR count). The third-order valence-corrected chi connectivity index (χ3v) is 6.34. The highest BCUT2D eigenvalue weighted by Gasteiger charge is 2.30. The van der Waals surface area contributed by atoms with Gasteiger partial charge < -0.3 is 0 Å². The van der Waals surface area contributed by atoms with Gasteiger partial charge >= 0.3 is 0 Å². The van der Waals surface area contributed by atoms with E-state index in [2.05, 4.69) is 25.6 Å². The lowest BCUT2D eigenvalue weighted by Gasteiger charge is -2.08. The first-order valence-corrected chi connectivity index (χ1v) is 8.27. The summed E-state index contributed by atoms with van der Waals surface area (Å²) in [6, 6.07) is 0. The average Bonchev–Trinajstić information content (AvgIpc) is 2.98. The lowest BCUT2D eigenvalue weighted by atomic mass is 10.3. The topological polar surface area (TPSA) is 59.1 Å². The highest BCUT2D eigenvalue weighted by atomic mass is 79.9. The molecule has 7 heteroatoms. The minimum atomic E-state index is -3.36. The van der Waals surface area contributed by atoms with Crippen LogP contribution < -0.4 is 4.72 Å². The molecule has 1 aromatic heterocycles. The number of thiazole rings is 1. The molecule has 1 unspecified atom stereocenters. The zero-order valence-corrected chi connectivity index (χ0v) is 12.0. The van der Waals surface area contributed by atoms with Crippen LogP contribution >= 0.6 is 27.3 Å². The van der Waals surface area contributed by atoms with Gasteiger partial charge in [-0.2, -0.15) is 0 Å². The molecule has 0 amide bonds. The van der Waals surface area contributed by atoms with E-state index in [1.165, 1.54) is 30.4 Å². The van der Waals surface area contributed by atoms with Gasteiger partial charge in [-0.3, -0.25) is 0 Å². The summed E-state index contributed by atoms with van der Waals surface area (Å²) in [5, 5.41) is 0.762. The molecule has 4 nitrogen and oxygen atoms in total. The van der Waals surface area contributed by atoms with Crippen LogP contribution in [0.2, 0.25) is 0 Å². The van der Waals surface area contributed by atoms with E-state index in [0.717, 1.165) is 5.01 Å². The first-order valence-electron chi connectivity index (χ1n) is 5.05. The number of hydrogen-bond donors (Lipinski definition) is 1. The summed E-state index contributed by atoms with van der Waals surface area (Å²) in [6.07, 6.45) is 3.79. The van der Waals surface area contributed by atoms with Crippen molar-refractivity contribution in [1.29, 1.82) is 0 Å². The molecular weight excluding hydrogens is 312 g/mol. The lowest BCUT2D eigenvalue weighted by molar-refractivity contribution is 0.579. The number of aromatic nitrogens is 1. The second-order valence-electron chi connectivity index (χ2n) is 3.90. The van der Waals surface area contributed by atoms with E-state index >= 15 is 0 Å². The van der Waals surface area contributed by atoms with E-state index in [0.29, 0.717) is 16.7 Å². The van der Waals surface area contributed by atoms with Gasteiger partial charge in [0, 0.05) is 11.4 Å². The SMILES string of the molecule is Cc1ncc(S(=O)(=O)NCC(Br)C2CC2)s1. The summed E-state index contributed by atoms with van der Waals surface area (Å²) >= 11 is 4.69. The van der Waals surface area contributed by atoms with Crippen LogP contribution in [0.4, 0.5) is 0 Å². The summed E-state index contributed by atoms with van der Waals surface area (Å²) < 4.78 is 26.6. The Labute approximate surface area is 108 Å². The average molecular weight is 325 g/mol. The zero-order valence-electron chi connectivity index (χ0n) is 8.81. The lowest BCUT2D eigenvalue weighted by Crippen LogP contribution is -2.30. The van der Waals surface area contributed by atoms with Crippen molar-refractivity contribution in [3.05, 3.63) is 11.2 Å². The minimum Gasteiger partial charge on any atom is -0.249 e. The third kappa shape index (κ3) is 3.03. The van der Waals surface area contributed by atoms with Crippen LogP contribution in [0.3, 0.4) is 0 Å². The fourth-order valence-electron chi connectivity index (χ4n) is 1.35. The monoisotopic (exact) mass is 324 g/mol. The first-order chi connectivity index (χ1) is 7.49. The van der Waals surface area contributed by atoms with Crippen LogP contribution in [-0.4, -0.2) is 24.8 Å². The molecule has 0 bridgehead atoms. The Bertz CT molecular complexity index is 468. The van der Waals surface area contributed by atoms with Gasteiger partial charge in [0.05, 0.1) is 11.2 Å². The summed E-state index contributed by atoms with van der Waals surface area (Å²) in [6.45, 7) is 2.24. The van der Waals surface area contributed by atoms with Crippen molar-refractivity contribution >= 4 is 37.3 Å². The Hall–Kier alpha value is 0.0200. The predicted octanol–water partition coefficient (Wildman–Crippen LogP) is 1.90. The number of halogens is 1. The fraction of sp³-hybridized carbons (Fsp3) is 0.667. The van der Waals surface area contributed by atoms with Crippen LogP contribution in [0, 0.1) is 12.8 Å². The van der Waals surface area contributed by atoms with Gasteiger partial charge in [0.1, 0.15) is 0 Å². The van der Waals surface area contributed by atoms with Gasteiger partial charge in [0.15, 0.2) is 4.21 Å². The zero-order chi connectivity index (χ0) is 11.8. The maximum absolute atomic E-state index is 11.8. The maximum atomic E-state index is 11.8. The molecule has 1 aliphatic rings. The molecule has 1 fully saturated rings. The number of alkyl halides is 1. The molecule has 1 aliphatic carbocycles. The Kier molecular flexibility index (Phi) is 3.68. The minimum absolute atomic E-state index is 0.247. The van der Waals surface area contributed by atoms with Crippen LogP contribution in [0.5, 0.6) is 0 Å². The Balaban J connectivity index is 1.97. The molecule has 0 aromatic carbocycles. The van der Waals surface area contributed by atoms with E-state index in [9.17, 15) is 8.42 Å². The maximum Gasteiger partial charge on any atom is 0.251 e. The van der Waals surface area contributed by atoms with E-state index in [1.807, 2.05) is 0 Å². The molecule has 1 saturated carbocycles. The summed E-state index contributed by atoms with van der Waals surface area (Å²) in [5.74, 6) is 0.630. The number of hydrogen-bond acceptors (Lipinski definition) is 4. The highest BCUT2D eigenvalue weighted by molar-refractivity contribution is 9.09. The Morgan fingerprint density at radius 1 is 1.69 bits per heavy atom. The third-order valence-electron chi connectivity index (χ3n) is 2.47. The van der Waals surface area contributed by atoms with Crippen molar-refractivity contribution in [2.75, 3.05) is 6.54 Å². The number of aryl methyl sites for hydroxylation is 1. The first kappa shape index (κ1) is 12.5. The number of rotatable bonds is 5. The molecule has 1 aromatic rings. The standard InChI is InChI=1S/C9H13BrN2O2S2/c1-6-11-5-9(15-6)16(13,14)12-4-8(10)7-2-3-7/h5,7-8,12H,2-4H2,1H3. The number of nitrogens with one attached hydrogen (secondary N) is 1. The van der Waals surface area contributed by atoms with Crippen LogP contribution in [0.25, 0.3) is 0 Å². The van der Waals surface area contributed by atoms with Gasteiger partial charge in [-0.25, -0.2) is 18.1 Å². The van der Waals surface area contributed by atoms with E-state index in [4.69, 9.17) is 0 Å². The molecule has 16 heavy (non-hydrogen) atoms. The van der Waals surface area contributed by atoms with Gasteiger partial charge in [-0.15, -0.1) is 11.3 Å². The van der Waals surface area contributed by atoms with Crippen molar-refractivity contribution in [1.82, 2.24) is 9.71 Å². The number of sulfonamides is 1. The van der Waals surface area contributed by atoms with Gasteiger partial charge in [0.25, 0.3) is 10.0 Å². The van der Waals surface area contributed by atoms with E-state index in [-0.39, 0.29) is 4.83 Å². The summed E-state index contributed by atoms with van der Waals surface area (Å²) in [7, 11) is -3.36. The molecule has 90 valence electrons. The molecule has 1 heterocycles. The van der Waals surface area contributed by atoms with Crippen molar-refractivity contribution in [2.45, 2.75) is 28.8 Å². The molecule has 0 radical (unpaired) electrons. The molecular formula is C9H13BrN2O2S2. The molecule has 1 atom stereocenters. The molecule has 1 N–H and O–H groups in total. The van der Waals surface area contributed by atoms with Crippen molar-refractivity contribution in [3.63, 3.8) is 0 Å². The van der Waals surface area contributed by atoms with Crippen molar-refractivity contribution in [2.24, 2.45) is 5.92 Å². The summed E-state index contributed by atoms with van der Waals surface area (Å²) in [4.78, 5) is 4.19. The quantitative estimate of drug-likeness (QED) is 0.841. The normalized spacial score (nSPS) is 18.6. The van der Waals surface area contributed by atoms with Gasteiger partial charge in [0.2, 0.25) is 0 Å². The second-order valence-corrected chi connectivity index (χ2v) is 8.31. The Morgan fingerprint density at radius 2 is 2.38 bits per heavy atom. The van der Waals surface area contributed by atoms with E-state index < -0.39 is 10.0 Å². The smallest absolute Gasteiger partial charge is 0.249 e. The highest BCUT2D eigenvalue weighted by Crippen LogP contribution is 2.36. The summed E-state index contributed by atoms with van der Waals surface area (Å²) in [5.41, 5.74) is 0. The Morgan fingerprint density at radius 3 is 2.88 bits per heavy atom. The van der Waals surface area contributed by atoms with Crippen molar-refractivity contribution < 1.29 is 8.42 Å². The largest absolute Gasteiger partial charge is 0.251 e.